The fraction of sp³-hybridized carbons (Fsp3) is 0.846. The Morgan fingerprint density at radius 2 is 2.11 bits per heavy atom. The van der Waals surface area contributed by atoms with Crippen molar-refractivity contribution in [2.24, 2.45) is 0 Å². The number of nitrogens with zero attached hydrogens (tertiary/aromatic N) is 1. The molecule has 0 aromatic carbocycles. The van der Waals surface area contributed by atoms with Crippen LogP contribution in [0.1, 0.15) is 13.8 Å². The summed E-state index contributed by atoms with van der Waals surface area (Å²) in [5.74, 6) is 1.01. The van der Waals surface area contributed by atoms with Gasteiger partial charge in [-0.25, -0.2) is 0 Å². The van der Waals surface area contributed by atoms with Crippen molar-refractivity contribution in [3.05, 3.63) is 12.3 Å². The Kier molecular flexibility index (Phi) is 6.04. The molecule has 1 N–H and O–H groups in total. The van der Waals surface area contributed by atoms with Gasteiger partial charge in [0.1, 0.15) is 0 Å². The molecule has 1 saturated heterocycles. The monoisotopic (exact) mass is 301 g/mol. The molecule has 1 aliphatic heterocycles. The maximum absolute atomic E-state index is 9.91. The first-order chi connectivity index (χ1) is 8.63. The first-order valence-corrected chi connectivity index (χ1v) is 11.7. The van der Waals surface area contributed by atoms with E-state index in [0.717, 1.165) is 12.4 Å². The summed E-state index contributed by atoms with van der Waals surface area (Å²) in [7, 11) is -1.44. The number of thioether (sulfide) groups is 1. The van der Waals surface area contributed by atoms with Crippen molar-refractivity contribution in [2.45, 2.75) is 57.3 Å². The summed E-state index contributed by atoms with van der Waals surface area (Å²) in [5, 5.41) is 9.91. The van der Waals surface area contributed by atoms with Crippen LogP contribution in [0, 0.1) is 0 Å². The minimum Gasteiger partial charge on any atom is -0.502 e. The van der Waals surface area contributed by atoms with Crippen molar-refractivity contribution >= 4 is 26.9 Å². The van der Waals surface area contributed by atoms with Crippen molar-refractivity contribution in [3.63, 3.8) is 0 Å². The van der Waals surface area contributed by atoms with E-state index in [0.29, 0.717) is 0 Å². The van der Waals surface area contributed by atoms with Crippen LogP contribution in [0.4, 0.5) is 0 Å². The van der Waals surface area contributed by atoms with Gasteiger partial charge in [0.05, 0.1) is 17.7 Å². The fourth-order valence-electron chi connectivity index (χ4n) is 2.30. The normalized spacial score (nSPS) is 24.1. The molecule has 1 unspecified atom stereocenters. The molecule has 0 aliphatic carbocycles. The SMILES string of the molecule is CB(O)N1C(/C=C/OCC[Si](C)(C)C)CSC1(C)C. The third-order valence-electron chi connectivity index (χ3n) is 3.36. The molecule has 0 bridgehead atoms. The lowest BCUT2D eigenvalue weighted by Gasteiger charge is -2.34. The molecule has 3 nitrogen and oxygen atoms in total. The standard InChI is InChI=1S/C13H28BNO2SSi/c1-13(2)15(14(3)16)12(11-18-13)7-8-17-9-10-19(4,5)6/h7-8,12,16H,9-11H2,1-6H3/b8-7+. The lowest BCUT2D eigenvalue weighted by molar-refractivity contribution is 0.252. The Hall–Kier alpha value is 0.0918. The maximum Gasteiger partial charge on any atom is 0.378 e. The quantitative estimate of drug-likeness (QED) is 0.464. The average Bonchev–Trinajstić information content (AvgIpc) is 2.51. The summed E-state index contributed by atoms with van der Waals surface area (Å²) < 4.78 is 5.60. The van der Waals surface area contributed by atoms with Gasteiger partial charge in [0.15, 0.2) is 0 Å². The van der Waals surface area contributed by atoms with E-state index in [1.165, 1.54) is 6.04 Å². The maximum atomic E-state index is 9.91. The van der Waals surface area contributed by atoms with Crippen LogP contribution in [-0.4, -0.2) is 48.2 Å². The van der Waals surface area contributed by atoms with Gasteiger partial charge >= 0.3 is 7.05 Å². The van der Waals surface area contributed by atoms with Gasteiger partial charge in [-0.3, -0.25) is 4.81 Å². The van der Waals surface area contributed by atoms with Gasteiger partial charge in [-0.2, -0.15) is 0 Å². The molecule has 0 saturated carbocycles. The number of hydrogen-bond acceptors (Lipinski definition) is 4. The van der Waals surface area contributed by atoms with E-state index in [2.05, 4.69) is 44.4 Å². The summed E-state index contributed by atoms with van der Waals surface area (Å²) >= 11 is 1.88. The van der Waals surface area contributed by atoms with Crippen molar-refractivity contribution in [1.29, 1.82) is 0 Å². The molecule has 0 aromatic rings. The minimum absolute atomic E-state index is 0.0124. The van der Waals surface area contributed by atoms with Crippen LogP contribution in [0.15, 0.2) is 12.3 Å². The topological polar surface area (TPSA) is 32.7 Å². The lowest BCUT2D eigenvalue weighted by Crippen LogP contribution is -2.50. The van der Waals surface area contributed by atoms with Gasteiger partial charge in [-0.15, -0.1) is 11.8 Å². The molecule has 0 spiro atoms. The van der Waals surface area contributed by atoms with Crippen molar-refractivity contribution in [1.82, 2.24) is 4.81 Å². The van der Waals surface area contributed by atoms with E-state index in [1.54, 1.807) is 0 Å². The number of rotatable bonds is 6. The molecule has 1 heterocycles. The lowest BCUT2D eigenvalue weighted by atomic mass is 9.81. The molecule has 6 heteroatoms. The number of hydrogen-bond donors (Lipinski definition) is 1. The Bertz CT molecular complexity index is 318. The summed E-state index contributed by atoms with van der Waals surface area (Å²) in [6, 6.07) is 1.44. The Morgan fingerprint density at radius 3 is 2.63 bits per heavy atom. The third-order valence-corrected chi connectivity index (χ3v) is 6.49. The second-order valence-corrected chi connectivity index (χ2v) is 14.1. The summed E-state index contributed by atoms with van der Waals surface area (Å²) in [5.41, 5.74) is 0. The summed E-state index contributed by atoms with van der Waals surface area (Å²) in [4.78, 5) is 2.12. The summed E-state index contributed by atoms with van der Waals surface area (Å²) in [6.45, 7) is 14.0. The van der Waals surface area contributed by atoms with Crippen LogP contribution < -0.4 is 0 Å². The van der Waals surface area contributed by atoms with E-state index in [9.17, 15) is 5.02 Å². The highest BCUT2D eigenvalue weighted by molar-refractivity contribution is 8.00. The molecule has 1 rings (SSSR count). The largest absolute Gasteiger partial charge is 0.502 e. The molecular formula is C13H28BNO2SSi. The van der Waals surface area contributed by atoms with Crippen LogP contribution >= 0.6 is 11.8 Å². The number of ether oxygens (including phenoxy) is 1. The van der Waals surface area contributed by atoms with E-state index < -0.39 is 15.1 Å². The average molecular weight is 301 g/mol. The van der Waals surface area contributed by atoms with Crippen LogP contribution in [-0.2, 0) is 4.74 Å². The fourth-order valence-corrected chi connectivity index (χ4v) is 4.32. The zero-order chi connectivity index (χ0) is 14.7. The summed E-state index contributed by atoms with van der Waals surface area (Å²) in [6.07, 6.45) is 3.90. The molecule has 0 radical (unpaired) electrons. The molecule has 110 valence electrons. The smallest absolute Gasteiger partial charge is 0.378 e. The Labute approximate surface area is 123 Å². The molecule has 1 fully saturated rings. The highest BCUT2D eigenvalue weighted by Crippen LogP contribution is 2.39. The van der Waals surface area contributed by atoms with Gasteiger partial charge in [0.25, 0.3) is 0 Å². The van der Waals surface area contributed by atoms with E-state index in [4.69, 9.17) is 4.74 Å². The minimum atomic E-state index is -1.01. The second-order valence-electron chi connectivity index (χ2n) is 6.87. The first-order valence-electron chi connectivity index (χ1n) is 7.02. The van der Waals surface area contributed by atoms with E-state index in [-0.39, 0.29) is 10.9 Å². The van der Waals surface area contributed by atoms with Crippen LogP contribution in [0.3, 0.4) is 0 Å². The van der Waals surface area contributed by atoms with Crippen molar-refractivity contribution < 1.29 is 9.76 Å². The van der Waals surface area contributed by atoms with Gasteiger partial charge in [0, 0.05) is 19.9 Å². The van der Waals surface area contributed by atoms with Crippen molar-refractivity contribution in [3.8, 4) is 0 Å². The third kappa shape index (κ3) is 5.54. The molecule has 0 amide bonds. The predicted molar refractivity (Wildman–Crippen MR) is 89.2 cm³/mol. The molecule has 1 atom stereocenters. The molecule has 19 heavy (non-hydrogen) atoms. The second kappa shape index (κ2) is 6.70. The van der Waals surface area contributed by atoms with E-state index in [1.807, 2.05) is 24.8 Å². The van der Waals surface area contributed by atoms with Gasteiger partial charge in [0.2, 0.25) is 0 Å². The molecule has 1 aliphatic rings. The zero-order valence-corrected chi connectivity index (χ0v) is 15.0. The van der Waals surface area contributed by atoms with Crippen LogP contribution in [0.5, 0.6) is 0 Å². The molecular weight excluding hydrogens is 273 g/mol. The Morgan fingerprint density at radius 1 is 1.47 bits per heavy atom. The highest BCUT2D eigenvalue weighted by atomic mass is 32.2. The van der Waals surface area contributed by atoms with E-state index >= 15 is 0 Å². The highest BCUT2D eigenvalue weighted by Gasteiger charge is 2.42. The first kappa shape index (κ1) is 17.1. The zero-order valence-electron chi connectivity index (χ0n) is 13.1. The van der Waals surface area contributed by atoms with Gasteiger partial charge in [-0.05, 0) is 32.8 Å². The van der Waals surface area contributed by atoms with Crippen LogP contribution in [0.2, 0.25) is 32.5 Å². The van der Waals surface area contributed by atoms with Crippen molar-refractivity contribution in [2.75, 3.05) is 12.4 Å². The van der Waals surface area contributed by atoms with Crippen LogP contribution in [0.25, 0.3) is 0 Å². The van der Waals surface area contributed by atoms with Gasteiger partial charge < -0.3 is 9.76 Å². The van der Waals surface area contributed by atoms with Gasteiger partial charge in [-0.1, -0.05) is 19.6 Å². The Balaban J connectivity index is 2.44. The predicted octanol–water partition coefficient (Wildman–Crippen LogP) is 3.12. The molecule has 0 aromatic heterocycles.